The van der Waals surface area contributed by atoms with E-state index in [2.05, 4.69) is 0 Å². The van der Waals surface area contributed by atoms with E-state index in [1.807, 2.05) is 0 Å². The van der Waals surface area contributed by atoms with E-state index in [0.29, 0.717) is 4.90 Å². The van der Waals surface area contributed by atoms with Gasteiger partial charge in [0.25, 0.3) is 0 Å². The molecule has 0 aromatic heterocycles. The zero-order valence-corrected chi connectivity index (χ0v) is 10.0. The molecule has 0 saturated heterocycles. The van der Waals surface area contributed by atoms with Crippen LogP contribution in [-0.4, -0.2) is 22.4 Å². The molecule has 1 aliphatic rings. The Morgan fingerprint density at radius 1 is 1.59 bits per heavy atom. The largest absolute Gasteiger partial charge is 0.480 e. The molecule has 92 valence electrons. The van der Waals surface area contributed by atoms with Crippen LogP contribution in [0.3, 0.4) is 0 Å². The van der Waals surface area contributed by atoms with Gasteiger partial charge in [-0.25, -0.2) is 4.39 Å². The summed E-state index contributed by atoms with van der Waals surface area (Å²) in [5.74, 6) is -0.958. The van der Waals surface area contributed by atoms with Crippen LogP contribution in [-0.2, 0) is 4.79 Å². The Bertz CT molecular complexity index is 436. The molecule has 0 aliphatic heterocycles. The molecule has 1 fully saturated rings. The molecular weight excluding hydrogens is 241 g/mol. The van der Waals surface area contributed by atoms with Gasteiger partial charge in [-0.15, -0.1) is 11.8 Å². The third-order valence-corrected chi connectivity index (χ3v) is 4.19. The molecule has 3 nitrogen and oxygen atoms in total. The molecule has 0 bridgehead atoms. The Morgan fingerprint density at radius 3 is 2.82 bits per heavy atom. The minimum absolute atomic E-state index is 0.0565. The summed E-state index contributed by atoms with van der Waals surface area (Å²) in [5, 5.41) is 9.16. The second-order valence-corrected chi connectivity index (χ2v) is 5.41. The summed E-state index contributed by atoms with van der Waals surface area (Å²) in [6.07, 6.45) is 1.74. The molecule has 17 heavy (non-hydrogen) atoms. The van der Waals surface area contributed by atoms with E-state index in [-0.39, 0.29) is 17.5 Å². The molecular formula is C12H14FNO2S. The van der Waals surface area contributed by atoms with Crippen molar-refractivity contribution in [3.8, 4) is 0 Å². The highest BCUT2D eigenvalue weighted by atomic mass is 32.2. The second-order valence-electron chi connectivity index (χ2n) is 4.37. The summed E-state index contributed by atoms with van der Waals surface area (Å²) < 4.78 is 13.0. The van der Waals surface area contributed by atoms with Gasteiger partial charge in [-0.05, 0) is 37.0 Å². The van der Waals surface area contributed by atoms with E-state index in [4.69, 9.17) is 10.8 Å². The Balaban J connectivity index is 2.03. The molecule has 0 heterocycles. The first-order valence-corrected chi connectivity index (χ1v) is 6.41. The van der Waals surface area contributed by atoms with E-state index >= 15 is 0 Å². The third kappa shape index (κ3) is 2.79. The van der Waals surface area contributed by atoms with Crippen LogP contribution < -0.4 is 5.73 Å². The Hall–Kier alpha value is -1.07. The Kier molecular flexibility index (Phi) is 3.40. The van der Waals surface area contributed by atoms with Crippen LogP contribution in [0.2, 0.25) is 0 Å². The summed E-state index contributed by atoms with van der Waals surface area (Å²) in [4.78, 5) is 11.9. The highest BCUT2D eigenvalue weighted by Gasteiger charge is 2.48. The topological polar surface area (TPSA) is 63.3 Å². The monoisotopic (exact) mass is 255 g/mol. The van der Waals surface area contributed by atoms with Gasteiger partial charge < -0.3 is 10.8 Å². The number of halogens is 1. The van der Waals surface area contributed by atoms with E-state index < -0.39 is 11.5 Å². The lowest BCUT2D eigenvalue weighted by Gasteiger charge is -2.23. The number of hydrogen-bond donors (Lipinski definition) is 2. The first kappa shape index (κ1) is 12.4. The first-order chi connectivity index (χ1) is 8.02. The van der Waals surface area contributed by atoms with Crippen molar-refractivity contribution in [3.63, 3.8) is 0 Å². The molecule has 5 heteroatoms. The van der Waals surface area contributed by atoms with Crippen LogP contribution >= 0.6 is 11.8 Å². The predicted octanol–water partition coefficient (Wildman–Crippen LogP) is 2.11. The summed E-state index contributed by atoms with van der Waals surface area (Å²) in [5.41, 5.74) is 4.73. The van der Waals surface area contributed by atoms with Crippen LogP contribution in [0, 0.1) is 11.7 Å². The SMILES string of the molecule is NC(CSc1cccc(F)c1)(C(=O)O)C1CC1. The lowest BCUT2D eigenvalue weighted by Crippen LogP contribution is -2.52. The molecule has 1 aromatic carbocycles. The maximum atomic E-state index is 13.0. The fraction of sp³-hybridized carbons (Fsp3) is 0.417. The number of rotatable bonds is 5. The molecule has 3 N–H and O–H groups in total. The molecule has 1 aromatic rings. The standard InChI is InChI=1S/C12H14FNO2S/c13-9-2-1-3-10(6-9)17-7-12(14,11(15)16)8-4-5-8/h1-3,6,8H,4-5,7,14H2,(H,15,16). The molecule has 0 radical (unpaired) electrons. The van der Waals surface area contributed by atoms with Crippen molar-refractivity contribution in [3.05, 3.63) is 30.1 Å². The van der Waals surface area contributed by atoms with Crippen molar-refractivity contribution < 1.29 is 14.3 Å². The summed E-state index contributed by atoms with van der Waals surface area (Å²) in [6.45, 7) is 0. The van der Waals surface area contributed by atoms with E-state index in [9.17, 15) is 9.18 Å². The van der Waals surface area contributed by atoms with Crippen LogP contribution in [0.1, 0.15) is 12.8 Å². The molecule has 0 spiro atoms. The number of thioether (sulfide) groups is 1. The Labute approximate surface area is 103 Å². The van der Waals surface area contributed by atoms with Crippen molar-refractivity contribution in [2.24, 2.45) is 11.7 Å². The molecule has 2 rings (SSSR count). The van der Waals surface area contributed by atoms with Crippen LogP contribution in [0.4, 0.5) is 4.39 Å². The quantitative estimate of drug-likeness (QED) is 0.791. The van der Waals surface area contributed by atoms with E-state index in [1.54, 1.807) is 12.1 Å². The van der Waals surface area contributed by atoms with Gasteiger partial charge in [0.15, 0.2) is 0 Å². The first-order valence-electron chi connectivity index (χ1n) is 5.43. The van der Waals surface area contributed by atoms with Gasteiger partial charge in [-0.3, -0.25) is 4.79 Å². The predicted molar refractivity (Wildman–Crippen MR) is 64.4 cm³/mol. The van der Waals surface area contributed by atoms with Gasteiger partial charge in [-0.1, -0.05) is 6.07 Å². The van der Waals surface area contributed by atoms with E-state index in [1.165, 1.54) is 23.9 Å². The zero-order chi connectivity index (χ0) is 12.5. The fourth-order valence-corrected chi connectivity index (χ4v) is 2.85. The highest BCUT2D eigenvalue weighted by Crippen LogP contribution is 2.41. The summed E-state index contributed by atoms with van der Waals surface area (Å²) in [7, 11) is 0. The smallest absolute Gasteiger partial charge is 0.324 e. The maximum absolute atomic E-state index is 13.0. The number of hydrogen-bond acceptors (Lipinski definition) is 3. The number of carboxylic acids is 1. The van der Waals surface area contributed by atoms with Crippen molar-refractivity contribution in [1.29, 1.82) is 0 Å². The number of aliphatic carboxylic acids is 1. The van der Waals surface area contributed by atoms with Gasteiger partial charge >= 0.3 is 5.97 Å². The van der Waals surface area contributed by atoms with Gasteiger partial charge in [-0.2, -0.15) is 0 Å². The van der Waals surface area contributed by atoms with Crippen molar-refractivity contribution in [2.45, 2.75) is 23.3 Å². The molecule has 1 saturated carbocycles. The van der Waals surface area contributed by atoms with Gasteiger partial charge in [0, 0.05) is 10.6 Å². The molecule has 1 unspecified atom stereocenters. The molecule has 0 amide bonds. The zero-order valence-electron chi connectivity index (χ0n) is 9.23. The summed E-state index contributed by atoms with van der Waals surface area (Å²) in [6, 6.07) is 6.11. The molecule has 1 atom stereocenters. The number of carbonyl (C=O) groups is 1. The minimum atomic E-state index is -1.18. The van der Waals surface area contributed by atoms with Crippen LogP contribution in [0.15, 0.2) is 29.2 Å². The third-order valence-electron chi connectivity index (χ3n) is 2.98. The number of carboxylic acid groups (broad SMARTS) is 1. The van der Waals surface area contributed by atoms with Crippen molar-refractivity contribution in [2.75, 3.05) is 5.75 Å². The normalized spacial score (nSPS) is 18.7. The fourth-order valence-electron chi connectivity index (χ4n) is 1.71. The van der Waals surface area contributed by atoms with Crippen molar-refractivity contribution in [1.82, 2.24) is 0 Å². The van der Waals surface area contributed by atoms with Gasteiger partial charge in [0.05, 0.1) is 0 Å². The van der Waals surface area contributed by atoms with Gasteiger partial charge in [0.1, 0.15) is 11.4 Å². The van der Waals surface area contributed by atoms with Crippen LogP contribution in [0.25, 0.3) is 0 Å². The van der Waals surface area contributed by atoms with Crippen LogP contribution in [0.5, 0.6) is 0 Å². The number of benzene rings is 1. The average molecular weight is 255 g/mol. The lowest BCUT2D eigenvalue weighted by atomic mass is 9.98. The number of nitrogens with two attached hydrogens (primary N) is 1. The van der Waals surface area contributed by atoms with Crippen molar-refractivity contribution >= 4 is 17.7 Å². The average Bonchev–Trinajstić information content (AvgIpc) is 3.09. The summed E-state index contributed by atoms with van der Waals surface area (Å²) >= 11 is 1.29. The lowest BCUT2D eigenvalue weighted by molar-refractivity contribution is -0.143. The van der Waals surface area contributed by atoms with Gasteiger partial charge in [0.2, 0.25) is 0 Å². The maximum Gasteiger partial charge on any atom is 0.324 e. The highest BCUT2D eigenvalue weighted by molar-refractivity contribution is 7.99. The van der Waals surface area contributed by atoms with E-state index in [0.717, 1.165) is 12.8 Å². The Morgan fingerprint density at radius 2 is 2.29 bits per heavy atom. The minimum Gasteiger partial charge on any atom is -0.480 e. The molecule has 1 aliphatic carbocycles. The second kappa shape index (κ2) is 4.66.